The Morgan fingerprint density at radius 2 is 1.70 bits per heavy atom. The van der Waals surface area contributed by atoms with Gasteiger partial charge in [-0.05, 0) is 43.7 Å². The zero-order valence-corrected chi connectivity index (χ0v) is 13.4. The number of carbonyl (C=O) groups excluding carboxylic acids is 1. The van der Waals surface area contributed by atoms with Crippen molar-refractivity contribution >= 4 is 11.6 Å². The van der Waals surface area contributed by atoms with Crippen LogP contribution in [0.3, 0.4) is 0 Å². The summed E-state index contributed by atoms with van der Waals surface area (Å²) in [4.78, 5) is 12.3. The molecule has 1 unspecified atom stereocenters. The number of benzene rings is 2. The largest absolute Gasteiger partial charge is 0.497 e. The normalized spacial score (nSPS) is 16.3. The quantitative estimate of drug-likeness (QED) is 0.909. The summed E-state index contributed by atoms with van der Waals surface area (Å²) in [6, 6.07) is 13.1. The summed E-state index contributed by atoms with van der Waals surface area (Å²) in [5, 5.41) is 6.28. The molecular weight excluding hydrogens is 292 g/mol. The molecule has 1 aliphatic rings. The van der Waals surface area contributed by atoms with E-state index in [-0.39, 0.29) is 18.2 Å². The van der Waals surface area contributed by atoms with Crippen molar-refractivity contribution in [2.45, 2.75) is 26.1 Å². The Labute approximate surface area is 135 Å². The average Bonchev–Trinajstić information content (AvgIpc) is 2.54. The molecule has 1 heterocycles. The van der Waals surface area contributed by atoms with Crippen LogP contribution >= 0.6 is 0 Å². The minimum atomic E-state index is -0.282. The molecule has 0 saturated carbocycles. The van der Waals surface area contributed by atoms with Gasteiger partial charge in [0, 0.05) is 6.07 Å². The van der Waals surface area contributed by atoms with E-state index in [1.54, 1.807) is 19.2 Å². The highest BCUT2D eigenvalue weighted by Crippen LogP contribution is 2.30. The zero-order chi connectivity index (χ0) is 16.4. The number of nitrogens with one attached hydrogen (secondary N) is 2. The van der Waals surface area contributed by atoms with Gasteiger partial charge in [0.05, 0.1) is 24.5 Å². The lowest BCUT2D eigenvalue weighted by Crippen LogP contribution is -2.38. The summed E-state index contributed by atoms with van der Waals surface area (Å²) < 4.78 is 10.9. The standard InChI is InChI=1S/C18H20N2O3/c1-11(2)23-13-6-4-12(5-7-13)17-19-16-10-14(22-3)8-9-15(16)18(21)20-17/h4-11,17,19H,1-3H3,(H,20,21). The van der Waals surface area contributed by atoms with E-state index < -0.39 is 0 Å². The lowest BCUT2D eigenvalue weighted by atomic mass is 10.1. The van der Waals surface area contributed by atoms with Gasteiger partial charge in [0.1, 0.15) is 17.7 Å². The first-order valence-corrected chi connectivity index (χ1v) is 7.59. The lowest BCUT2D eigenvalue weighted by molar-refractivity contribution is 0.0935. The molecule has 1 amide bonds. The van der Waals surface area contributed by atoms with Crippen molar-refractivity contribution in [2.75, 3.05) is 12.4 Å². The van der Waals surface area contributed by atoms with Crippen LogP contribution < -0.4 is 20.1 Å². The second-order valence-electron chi connectivity index (χ2n) is 5.70. The van der Waals surface area contributed by atoms with Crippen molar-refractivity contribution in [3.8, 4) is 11.5 Å². The van der Waals surface area contributed by atoms with Crippen molar-refractivity contribution in [3.63, 3.8) is 0 Å². The molecule has 1 atom stereocenters. The Morgan fingerprint density at radius 1 is 1.00 bits per heavy atom. The summed E-state index contributed by atoms with van der Waals surface area (Å²) >= 11 is 0. The molecule has 2 aromatic carbocycles. The molecule has 0 radical (unpaired) electrons. The number of rotatable bonds is 4. The van der Waals surface area contributed by atoms with E-state index >= 15 is 0 Å². The Balaban J connectivity index is 1.83. The Morgan fingerprint density at radius 3 is 2.35 bits per heavy atom. The van der Waals surface area contributed by atoms with Crippen LogP contribution in [0.2, 0.25) is 0 Å². The van der Waals surface area contributed by atoms with Gasteiger partial charge in [0.2, 0.25) is 0 Å². The number of carbonyl (C=O) groups is 1. The van der Waals surface area contributed by atoms with Crippen molar-refractivity contribution < 1.29 is 14.3 Å². The number of anilines is 1. The first kappa shape index (κ1) is 15.2. The average molecular weight is 312 g/mol. The maximum atomic E-state index is 12.3. The molecule has 3 rings (SSSR count). The fraction of sp³-hybridized carbons (Fsp3) is 0.278. The third kappa shape index (κ3) is 3.23. The van der Waals surface area contributed by atoms with E-state index in [1.165, 1.54) is 0 Å². The maximum absolute atomic E-state index is 12.3. The second-order valence-corrected chi connectivity index (χ2v) is 5.70. The van der Waals surface area contributed by atoms with Gasteiger partial charge in [-0.3, -0.25) is 4.79 Å². The predicted octanol–water partition coefficient (Wildman–Crippen LogP) is 3.34. The van der Waals surface area contributed by atoms with Crippen LogP contribution in [0.5, 0.6) is 11.5 Å². The van der Waals surface area contributed by atoms with Crippen LogP contribution in [0, 0.1) is 0 Å². The highest BCUT2D eigenvalue weighted by atomic mass is 16.5. The molecular formula is C18H20N2O3. The van der Waals surface area contributed by atoms with E-state index in [1.807, 2.05) is 44.2 Å². The molecule has 120 valence electrons. The third-order valence-corrected chi connectivity index (χ3v) is 3.63. The van der Waals surface area contributed by atoms with E-state index in [0.29, 0.717) is 11.3 Å². The van der Waals surface area contributed by atoms with Crippen LogP contribution in [-0.4, -0.2) is 19.1 Å². The monoisotopic (exact) mass is 312 g/mol. The van der Waals surface area contributed by atoms with Gasteiger partial charge >= 0.3 is 0 Å². The Kier molecular flexibility index (Phi) is 4.10. The number of hydrogen-bond donors (Lipinski definition) is 2. The smallest absolute Gasteiger partial charge is 0.255 e. The van der Waals surface area contributed by atoms with Crippen LogP contribution in [0.25, 0.3) is 0 Å². The van der Waals surface area contributed by atoms with Crippen molar-refractivity contribution in [1.29, 1.82) is 0 Å². The molecule has 0 saturated heterocycles. The van der Waals surface area contributed by atoms with Gasteiger partial charge in [0.25, 0.3) is 5.91 Å². The summed E-state index contributed by atoms with van der Waals surface area (Å²) in [6.07, 6.45) is -0.150. The van der Waals surface area contributed by atoms with Gasteiger partial charge < -0.3 is 20.1 Å². The van der Waals surface area contributed by atoms with E-state index in [4.69, 9.17) is 9.47 Å². The Bertz CT molecular complexity index is 711. The van der Waals surface area contributed by atoms with Gasteiger partial charge in [-0.1, -0.05) is 12.1 Å². The summed E-state index contributed by atoms with van der Waals surface area (Å²) in [5.74, 6) is 1.42. The first-order valence-electron chi connectivity index (χ1n) is 7.59. The molecule has 2 aromatic rings. The molecule has 0 bridgehead atoms. The third-order valence-electron chi connectivity index (χ3n) is 3.63. The van der Waals surface area contributed by atoms with Crippen LogP contribution in [0.1, 0.15) is 35.9 Å². The highest BCUT2D eigenvalue weighted by molar-refractivity contribution is 6.02. The number of methoxy groups -OCH3 is 1. The summed E-state index contributed by atoms with van der Waals surface area (Å²) in [7, 11) is 1.61. The molecule has 23 heavy (non-hydrogen) atoms. The number of hydrogen-bond acceptors (Lipinski definition) is 4. The highest BCUT2D eigenvalue weighted by Gasteiger charge is 2.24. The molecule has 2 N–H and O–H groups in total. The predicted molar refractivity (Wildman–Crippen MR) is 89.0 cm³/mol. The fourth-order valence-electron chi connectivity index (χ4n) is 2.55. The second kappa shape index (κ2) is 6.20. The van der Waals surface area contributed by atoms with Crippen molar-refractivity contribution in [1.82, 2.24) is 5.32 Å². The molecule has 0 aliphatic carbocycles. The minimum Gasteiger partial charge on any atom is -0.497 e. The van der Waals surface area contributed by atoms with Crippen molar-refractivity contribution in [3.05, 3.63) is 53.6 Å². The first-order chi connectivity index (χ1) is 11.1. The summed E-state index contributed by atoms with van der Waals surface area (Å²) in [5.41, 5.74) is 2.34. The van der Waals surface area contributed by atoms with E-state index in [0.717, 1.165) is 17.0 Å². The van der Waals surface area contributed by atoms with Crippen molar-refractivity contribution in [2.24, 2.45) is 0 Å². The number of ether oxygens (including phenoxy) is 2. The zero-order valence-electron chi connectivity index (χ0n) is 13.4. The fourth-order valence-corrected chi connectivity index (χ4v) is 2.55. The molecule has 5 nitrogen and oxygen atoms in total. The van der Waals surface area contributed by atoms with Crippen LogP contribution in [0.4, 0.5) is 5.69 Å². The molecule has 0 fully saturated rings. The van der Waals surface area contributed by atoms with Gasteiger partial charge in [-0.25, -0.2) is 0 Å². The summed E-state index contributed by atoms with van der Waals surface area (Å²) in [6.45, 7) is 3.97. The topological polar surface area (TPSA) is 59.6 Å². The van der Waals surface area contributed by atoms with Gasteiger partial charge in [-0.2, -0.15) is 0 Å². The molecule has 0 aromatic heterocycles. The van der Waals surface area contributed by atoms with E-state index in [9.17, 15) is 4.79 Å². The van der Waals surface area contributed by atoms with Gasteiger partial charge in [-0.15, -0.1) is 0 Å². The number of fused-ring (bicyclic) bond motifs is 1. The lowest BCUT2D eigenvalue weighted by Gasteiger charge is -2.28. The van der Waals surface area contributed by atoms with Crippen LogP contribution in [0.15, 0.2) is 42.5 Å². The molecule has 5 heteroatoms. The molecule has 1 aliphatic heterocycles. The number of amides is 1. The van der Waals surface area contributed by atoms with E-state index in [2.05, 4.69) is 10.6 Å². The minimum absolute atomic E-state index is 0.103. The SMILES string of the molecule is COc1ccc2c(c1)NC(c1ccc(OC(C)C)cc1)NC2=O. The molecule has 0 spiro atoms. The maximum Gasteiger partial charge on any atom is 0.255 e. The van der Waals surface area contributed by atoms with Crippen LogP contribution in [-0.2, 0) is 0 Å². The van der Waals surface area contributed by atoms with Gasteiger partial charge in [0.15, 0.2) is 0 Å². The Hall–Kier alpha value is -2.69.